The van der Waals surface area contributed by atoms with Crippen molar-refractivity contribution in [3.63, 3.8) is 0 Å². The summed E-state index contributed by atoms with van der Waals surface area (Å²) < 4.78 is 0. The van der Waals surface area contributed by atoms with Gasteiger partial charge in [0.25, 0.3) is 5.91 Å². The zero-order chi connectivity index (χ0) is 15.4. The van der Waals surface area contributed by atoms with Gasteiger partial charge in [0.15, 0.2) is 0 Å². The zero-order valence-electron chi connectivity index (χ0n) is 11.3. The van der Waals surface area contributed by atoms with Gasteiger partial charge in [-0.25, -0.2) is 0 Å². The summed E-state index contributed by atoms with van der Waals surface area (Å²) in [6.45, 7) is 1.78. The average Bonchev–Trinajstić information content (AvgIpc) is 2.37. The molecule has 1 amide bonds. The first-order chi connectivity index (χ1) is 9.95. The summed E-state index contributed by atoms with van der Waals surface area (Å²) in [5, 5.41) is 11.8. The molecule has 0 aliphatic carbocycles. The van der Waals surface area contributed by atoms with Gasteiger partial charge in [-0.15, -0.1) is 0 Å². The Hall–Kier alpha value is -2.40. The van der Waals surface area contributed by atoms with E-state index >= 15 is 0 Å². The Bertz CT molecular complexity index is 701. The van der Waals surface area contributed by atoms with Crippen LogP contribution in [0.1, 0.15) is 21.6 Å². The van der Waals surface area contributed by atoms with Gasteiger partial charge in [-0.1, -0.05) is 23.7 Å². The number of carboxylic acid groups (broad SMARTS) is 1. The van der Waals surface area contributed by atoms with Crippen molar-refractivity contribution in [3.8, 4) is 0 Å². The van der Waals surface area contributed by atoms with Gasteiger partial charge in [0.05, 0.1) is 17.0 Å². The highest BCUT2D eigenvalue weighted by Gasteiger charge is 2.12. The van der Waals surface area contributed by atoms with Crippen molar-refractivity contribution in [2.24, 2.45) is 0 Å². The molecule has 0 unspecified atom stereocenters. The first-order valence-electron chi connectivity index (χ1n) is 6.20. The molecule has 0 saturated heterocycles. The third kappa shape index (κ3) is 4.03. The van der Waals surface area contributed by atoms with E-state index in [0.717, 1.165) is 5.69 Å². The predicted octanol–water partition coefficient (Wildman–Crippen LogP) is 2.92. The minimum atomic E-state index is -0.927. The molecule has 108 valence electrons. The van der Waals surface area contributed by atoms with E-state index in [1.54, 1.807) is 37.3 Å². The molecule has 0 aliphatic heterocycles. The molecule has 1 heterocycles. The molecule has 5 nitrogen and oxygen atoms in total. The van der Waals surface area contributed by atoms with Crippen LogP contribution in [-0.2, 0) is 11.2 Å². The van der Waals surface area contributed by atoms with Crippen LogP contribution in [0.2, 0.25) is 5.02 Å². The van der Waals surface area contributed by atoms with Crippen LogP contribution in [0.4, 0.5) is 5.69 Å². The maximum absolute atomic E-state index is 12.1. The number of hydrogen-bond acceptors (Lipinski definition) is 3. The number of benzene rings is 1. The van der Waals surface area contributed by atoms with Gasteiger partial charge in [0, 0.05) is 17.6 Å². The summed E-state index contributed by atoms with van der Waals surface area (Å²) in [6, 6.07) is 8.27. The molecule has 0 fully saturated rings. The molecule has 0 atom stereocenters. The Morgan fingerprint density at radius 2 is 2.10 bits per heavy atom. The molecule has 0 aliphatic rings. The van der Waals surface area contributed by atoms with E-state index in [-0.39, 0.29) is 17.9 Å². The van der Waals surface area contributed by atoms with Crippen LogP contribution in [0, 0.1) is 6.92 Å². The Kier molecular flexibility index (Phi) is 4.55. The number of anilines is 1. The first-order valence-corrected chi connectivity index (χ1v) is 6.58. The normalized spacial score (nSPS) is 10.2. The summed E-state index contributed by atoms with van der Waals surface area (Å²) in [7, 11) is 0. The molecule has 0 spiro atoms. The van der Waals surface area contributed by atoms with Crippen LogP contribution >= 0.6 is 11.6 Å². The van der Waals surface area contributed by atoms with Gasteiger partial charge in [0.1, 0.15) is 0 Å². The van der Waals surface area contributed by atoms with Crippen molar-refractivity contribution in [2.75, 3.05) is 5.32 Å². The fourth-order valence-electron chi connectivity index (χ4n) is 1.83. The summed E-state index contributed by atoms with van der Waals surface area (Å²) in [5.74, 6) is -1.32. The minimum Gasteiger partial charge on any atom is -0.481 e. The number of carbonyl (C=O) groups is 2. The van der Waals surface area contributed by atoms with Crippen molar-refractivity contribution in [2.45, 2.75) is 13.3 Å². The number of hydrogen-bond donors (Lipinski definition) is 2. The highest BCUT2D eigenvalue weighted by Crippen LogP contribution is 2.18. The zero-order valence-corrected chi connectivity index (χ0v) is 12.0. The van der Waals surface area contributed by atoms with Crippen molar-refractivity contribution >= 4 is 29.2 Å². The lowest BCUT2D eigenvalue weighted by Crippen LogP contribution is -2.13. The number of amides is 1. The van der Waals surface area contributed by atoms with Gasteiger partial charge in [-0.05, 0) is 30.7 Å². The Labute approximate surface area is 126 Å². The lowest BCUT2D eigenvalue weighted by molar-refractivity contribution is -0.136. The van der Waals surface area contributed by atoms with E-state index in [1.165, 1.54) is 6.20 Å². The van der Waals surface area contributed by atoms with Gasteiger partial charge >= 0.3 is 5.97 Å². The van der Waals surface area contributed by atoms with E-state index in [2.05, 4.69) is 10.3 Å². The number of carboxylic acids is 1. The summed E-state index contributed by atoms with van der Waals surface area (Å²) in [4.78, 5) is 26.9. The van der Waals surface area contributed by atoms with Crippen molar-refractivity contribution in [3.05, 3.63) is 58.4 Å². The lowest BCUT2D eigenvalue weighted by Gasteiger charge is -2.08. The van der Waals surface area contributed by atoms with Gasteiger partial charge in [0.2, 0.25) is 0 Å². The highest BCUT2D eigenvalue weighted by molar-refractivity contribution is 6.34. The fourth-order valence-corrected chi connectivity index (χ4v) is 2.12. The van der Waals surface area contributed by atoms with E-state index in [0.29, 0.717) is 16.3 Å². The second-order valence-corrected chi connectivity index (χ2v) is 4.94. The van der Waals surface area contributed by atoms with Gasteiger partial charge in [-0.3, -0.25) is 14.6 Å². The van der Waals surface area contributed by atoms with Crippen molar-refractivity contribution in [1.82, 2.24) is 4.98 Å². The highest BCUT2D eigenvalue weighted by atomic mass is 35.5. The Morgan fingerprint density at radius 3 is 2.76 bits per heavy atom. The number of nitrogens with zero attached hydrogens (tertiary/aromatic N) is 1. The number of pyridine rings is 1. The third-order valence-corrected chi connectivity index (χ3v) is 3.09. The quantitative estimate of drug-likeness (QED) is 0.910. The number of aryl methyl sites for hydroxylation is 1. The average molecular weight is 305 g/mol. The Morgan fingerprint density at radius 1 is 1.33 bits per heavy atom. The van der Waals surface area contributed by atoms with E-state index in [4.69, 9.17) is 16.7 Å². The monoisotopic (exact) mass is 304 g/mol. The van der Waals surface area contributed by atoms with Crippen molar-refractivity contribution in [1.29, 1.82) is 0 Å². The number of aliphatic carboxylic acids is 1. The maximum Gasteiger partial charge on any atom is 0.307 e. The first kappa shape index (κ1) is 15.0. The topological polar surface area (TPSA) is 79.3 Å². The second-order valence-electron chi connectivity index (χ2n) is 4.53. The number of aromatic nitrogens is 1. The van der Waals surface area contributed by atoms with Crippen LogP contribution in [0.25, 0.3) is 0 Å². The molecular weight excluding hydrogens is 292 g/mol. The van der Waals surface area contributed by atoms with Crippen molar-refractivity contribution < 1.29 is 14.7 Å². The predicted molar refractivity (Wildman–Crippen MR) is 79.7 cm³/mol. The molecule has 0 radical (unpaired) electrons. The fraction of sp³-hybridized carbons (Fsp3) is 0.133. The molecule has 1 aromatic heterocycles. The number of carbonyl (C=O) groups excluding carboxylic acids is 1. The minimum absolute atomic E-state index is 0.101. The van der Waals surface area contributed by atoms with Crippen LogP contribution < -0.4 is 5.32 Å². The van der Waals surface area contributed by atoms with E-state index < -0.39 is 5.97 Å². The van der Waals surface area contributed by atoms with Crippen LogP contribution in [-0.4, -0.2) is 22.0 Å². The second kappa shape index (κ2) is 6.37. The smallest absolute Gasteiger partial charge is 0.307 e. The van der Waals surface area contributed by atoms with Gasteiger partial charge in [-0.2, -0.15) is 0 Å². The summed E-state index contributed by atoms with van der Waals surface area (Å²) >= 11 is 6.01. The number of rotatable bonds is 4. The maximum atomic E-state index is 12.1. The summed E-state index contributed by atoms with van der Waals surface area (Å²) in [5.41, 5.74) is 2.11. The molecule has 1 aromatic carbocycles. The lowest BCUT2D eigenvalue weighted by atomic mass is 10.1. The largest absolute Gasteiger partial charge is 0.481 e. The molecule has 2 aromatic rings. The molecule has 6 heteroatoms. The van der Waals surface area contributed by atoms with E-state index in [9.17, 15) is 9.59 Å². The summed E-state index contributed by atoms with van der Waals surface area (Å²) in [6.07, 6.45) is 1.31. The molecule has 0 bridgehead atoms. The molecule has 0 saturated carbocycles. The van der Waals surface area contributed by atoms with Crippen LogP contribution in [0.15, 0.2) is 36.5 Å². The van der Waals surface area contributed by atoms with E-state index in [1.807, 2.05) is 0 Å². The molecule has 2 N–H and O–H groups in total. The van der Waals surface area contributed by atoms with Crippen LogP contribution in [0.5, 0.6) is 0 Å². The molecular formula is C15H13ClN2O3. The third-order valence-electron chi connectivity index (χ3n) is 2.78. The number of halogens is 1. The molecule has 2 rings (SSSR count). The number of nitrogens with one attached hydrogen (secondary N) is 1. The van der Waals surface area contributed by atoms with Crippen LogP contribution in [0.3, 0.4) is 0 Å². The molecule has 21 heavy (non-hydrogen) atoms. The SMILES string of the molecule is Cc1cc(Cl)c(C(=O)Nc2cccc(CC(=O)O)c2)cn1. The Balaban J connectivity index is 2.17. The van der Waals surface area contributed by atoms with Gasteiger partial charge < -0.3 is 10.4 Å². The standard InChI is InChI=1S/C15H13ClN2O3/c1-9-5-13(16)12(8-17-9)15(21)18-11-4-2-3-10(6-11)7-14(19)20/h2-6,8H,7H2,1H3,(H,18,21)(H,19,20).